The van der Waals surface area contributed by atoms with Gasteiger partial charge in [-0.15, -0.1) is 0 Å². The van der Waals surface area contributed by atoms with E-state index in [-0.39, 0.29) is 23.9 Å². The lowest BCUT2D eigenvalue weighted by molar-refractivity contribution is -0.137. The average Bonchev–Trinajstić information content (AvgIpc) is 3.45. The van der Waals surface area contributed by atoms with Gasteiger partial charge in [0, 0.05) is 36.8 Å². The van der Waals surface area contributed by atoms with Gasteiger partial charge >= 0.3 is 12.1 Å². The normalized spacial score (nSPS) is 26.0. The summed E-state index contributed by atoms with van der Waals surface area (Å²) in [7, 11) is -1.37. The van der Waals surface area contributed by atoms with Crippen LogP contribution < -0.4 is 0 Å². The third-order valence-electron chi connectivity index (χ3n) is 5.96. The number of carboxylic acid groups (broad SMARTS) is 1. The first-order chi connectivity index (χ1) is 16.0. The molecule has 194 valence electrons. The zero-order chi connectivity index (χ0) is 26.4. The number of aliphatic carboxylic acids is 1. The van der Waals surface area contributed by atoms with Crippen LogP contribution in [0, 0.1) is 11.9 Å². The van der Waals surface area contributed by atoms with Crippen molar-refractivity contribution in [3.63, 3.8) is 0 Å². The molecule has 1 aromatic heterocycles. The van der Waals surface area contributed by atoms with E-state index in [0.29, 0.717) is 11.1 Å². The van der Waals surface area contributed by atoms with Gasteiger partial charge in [-0.05, 0) is 62.2 Å². The topological polar surface area (TPSA) is 101 Å². The van der Waals surface area contributed by atoms with Crippen LogP contribution in [-0.4, -0.2) is 64.0 Å². The highest BCUT2D eigenvalue weighted by molar-refractivity contribution is 9.10. The molecule has 1 aliphatic carbocycles. The first kappa shape index (κ1) is 28.1. The highest BCUT2D eigenvalue weighted by atomic mass is 79.9. The largest absolute Gasteiger partial charge is 0.480 e. The van der Waals surface area contributed by atoms with E-state index in [1.807, 2.05) is 0 Å². The fourth-order valence-corrected chi connectivity index (χ4v) is 6.53. The number of rotatable bonds is 7. The maximum atomic E-state index is 14.9. The number of ether oxygens (including phenoxy) is 2. The Balaban J connectivity index is 2.03. The molecule has 0 aromatic carbocycles. The molecule has 1 N–H and O–H groups in total. The number of hydrogen-bond donors (Lipinski definition) is 1. The molecule has 2 heterocycles. The van der Waals surface area contributed by atoms with Crippen LogP contribution >= 0.6 is 27.7 Å². The third-order valence-corrected chi connectivity index (χ3v) is 9.59. The van der Waals surface area contributed by atoms with Crippen LogP contribution in [0.4, 0.5) is 9.18 Å². The van der Waals surface area contributed by atoms with Crippen LogP contribution in [0.5, 0.6) is 0 Å². The number of carbonyl (C=O) groups excluding carboxylic acids is 1. The smallest absolute Gasteiger partial charge is 0.418 e. The number of pyridine rings is 1. The molecule has 0 radical (unpaired) electrons. The highest BCUT2D eigenvalue weighted by Gasteiger charge is 2.72. The predicted molar refractivity (Wildman–Crippen MR) is 140 cm³/mol. The van der Waals surface area contributed by atoms with Gasteiger partial charge in [0.1, 0.15) is 17.1 Å². The lowest BCUT2D eigenvalue weighted by atomic mass is 9.87. The van der Waals surface area contributed by atoms with Crippen molar-refractivity contribution in [2.24, 2.45) is 10.9 Å². The second-order valence-corrected chi connectivity index (χ2v) is 19.2. The fraction of sp³-hybridized carbons (Fsp3) is 0.652. The Morgan fingerprint density at radius 1 is 1.37 bits per heavy atom. The summed E-state index contributed by atoms with van der Waals surface area (Å²) in [5.74, 6) is -2.23. The van der Waals surface area contributed by atoms with Gasteiger partial charge < -0.3 is 14.6 Å². The third kappa shape index (κ3) is 6.26. The van der Waals surface area contributed by atoms with Crippen molar-refractivity contribution in [2.75, 3.05) is 13.3 Å². The Morgan fingerprint density at radius 2 is 2.03 bits per heavy atom. The zero-order valence-electron chi connectivity index (χ0n) is 21.1. The molecule has 35 heavy (non-hydrogen) atoms. The van der Waals surface area contributed by atoms with E-state index in [1.54, 1.807) is 33.8 Å². The van der Waals surface area contributed by atoms with Crippen molar-refractivity contribution in [1.29, 1.82) is 0 Å². The minimum atomic E-state index is -1.37. The number of aromatic nitrogens is 1. The maximum Gasteiger partial charge on any atom is 0.418 e. The number of thioether (sulfide) groups is 1. The van der Waals surface area contributed by atoms with Crippen molar-refractivity contribution in [2.45, 2.75) is 75.7 Å². The van der Waals surface area contributed by atoms with E-state index in [4.69, 9.17) is 14.5 Å². The quantitative estimate of drug-likeness (QED) is 0.188. The predicted octanol–water partition coefficient (Wildman–Crippen LogP) is 5.69. The zero-order valence-corrected chi connectivity index (χ0v) is 24.5. The molecular weight excluding hydrogens is 557 g/mol. The highest BCUT2D eigenvalue weighted by Crippen LogP contribution is 2.66. The number of amidine groups is 1. The number of carboxylic acids is 1. The van der Waals surface area contributed by atoms with Gasteiger partial charge in [0.25, 0.3) is 0 Å². The number of carbonyl (C=O) groups is 2. The minimum absolute atomic E-state index is 0.130. The van der Waals surface area contributed by atoms with E-state index in [9.17, 15) is 19.1 Å². The number of hydrogen-bond acceptors (Lipinski definition) is 7. The summed E-state index contributed by atoms with van der Waals surface area (Å²) in [6, 6.07) is 2.45. The first-order valence-electron chi connectivity index (χ1n) is 11.4. The van der Waals surface area contributed by atoms with Gasteiger partial charge in [-0.1, -0.05) is 31.4 Å². The average molecular weight is 591 g/mol. The fourth-order valence-electron chi connectivity index (χ4n) is 3.93. The first-order valence-corrected chi connectivity index (χ1v) is 16.7. The van der Waals surface area contributed by atoms with E-state index in [0.717, 1.165) is 17.8 Å². The molecule has 8 nitrogen and oxygen atoms in total. The lowest BCUT2D eigenvalue weighted by Crippen LogP contribution is -2.47. The van der Waals surface area contributed by atoms with Crippen molar-refractivity contribution in [3.8, 4) is 0 Å². The molecule has 0 spiro atoms. The SMILES string of the molecule is CC(C)(C)OC(=O)N(COCC[Si](C)(C)C)C1=NC(C)(c2cc(Br)cnc2F)C2CC2(C(=O)O)S1. The number of aliphatic imine (C=N–C) groups is 1. The van der Waals surface area contributed by atoms with Gasteiger partial charge in [-0.25, -0.2) is 14.7 Å². The van der Waals surface area contributed by atoms with Crippen LogP contribution in [0.2, 0.25) is 25.7 Å². The van der Waals surface area contributed by atoms with Crippen molar-refractivity contribution in [3.05, 3.63) is 28.2 Å². The van der Waals surface area contributed by atoms with Crippen molar-refractivity contribution < 1.29 is 28.6 Å². The lowest BCUT2D eigenvalue weighted by Gasteiger charge is -2.36. The van der Waals surface area contributed by atoms with Crippen LogP contribution in [0.1, 0.15) is 39.7 Å². The van der Waals surface area contributed by atoms with E-state index >= 15 is 0 Å². The number of nitrogens with zero attached hydrogens (tertiary/aromatic N) is 3. The Morgan fingerprint density at radius 3 is 2.60 bits per heavy atom. The molecule has 1 amide bonds. The van der Waals surface area contributed by atoms with Crippen LogP contribution in [-0.2, 0) is 19.8 Å². The molecule has 1 aliphatic heterocycles. The molecule has 3 rings (SSSR count). The molecular formula is C23H33BrFN3O5SSi. The number of halogens is 2. The molecule has 12 heteroatoms. The summed E-state index contributed by atoms with van der Waals surface area (Å²) >= 11 is 4.32. The minimum Gasteiger partial charge on any atom is -0.480 e. The molecule has 1 fully saturated rings. The molecule has 0 bridgehead atoms. The summed E-state index contributed by atoms with van der Waals surface area (Å²) < 4.78 is 25.6. The van der Waals surface area contributed by atoms with Gasteiger partial charge in [0.05, 0.1) is 5.54 Å². The second-order valence-electron chi connectivity index (χ2n) is 11.3. The van der Waals surface area contributed by atoms with Crippen molar-refractivity contribution in [1.82, 2.24) is 9.88 Å². The molecule has 3 unspecified atom stereocenters. The molecule has 3 atom stereocenters. The summed E-state index contributed by atoms with van der Waals surface area (Å²) in [6.07, 6.45) is 0.911. The van der Waals surface area contributed by atoms with Crippen LogP contribution in [0.25, 0.3) is 0 Å². The number of fused-ring (bicyclic) bond motifs is 1. The summed E-state index contributed by atoms with van der Waals surface area (Å²) in [5, 5.41) is 10.2. The van der Waals surface area contributed by atoms with Gasteiger partial charge in [-0.2, -0.15) is 4.39 Å². The Kier molecular flexibility index (Phi) is 7.82. The Hall–Kier alpha value is -1.50. The summed E-state index contributed by atoms with van der Waals surface area (Å²) in [5.41, 5.74) is -1.87. The molecule has 2 aliphatic rings. The second kappa shape index (κ2) is 9.75. The van der Waals surface area contributed by atoms with E-state index in [1.165, 1.54) is 11.1 Å². The Labute approximate surface area is 219 Å². The maximum absolute atomic E-state index is 14.9. The monoisotopic (exact) mass is 589 g/mol. The standard InChI is InChI=1S/C23H33BrFN3O5SSi/c1-21(2,3)33-20(31)28(13-32-8-9-35(5,6)7)19-27-22(4,15-10-14(24)12-26-17(15)25)16-11-23(16,34-19)18(29)30/h10,12,16H,8-9,11,13H2,1-7H3,(H,29,30). The van der Waals surface area contributed by atoms with Crippen LogP contribution in [0.15, 0.2) is 21.7 Å². The van der Waals surface area contributed by atoms with E-state index in [2.05, 4.69) is 40.6 Å². The van der Waals surface area contributed by atoms with Crippen molar-refractivity contribution >= 4 is 53.0 Å². The molecule has 1 saturated carbocycles. The van der Waals surface area contributed by atoms with E-state index < -0.39 is 47.9 Å². The molecule has 0 saturated heterocycles. The van der Waals surface area contributed by atoms with Gasteiger partial charge in [0.2, 0.25) is 5.95 Å². The summed E-state index contributed by atoms with van der Waals surface area (Å²) in [6.45, 7) is 13.9. The summed E-state index contributed by atoms with van der Waals surface area (Å²) in [4.78, 5) is 35.4. The Bertz CT molecular complexity index is 1050. The molecule has 1 aromatic rings. The number of amides is 1. The van der Waals surface area contributed by atoms with Crippen LogP contribution in [0.3, 0.4) is 0 Å². The van der Waals surface area contributed by atoms with Gasteiger partial charge in [0.15, 0.2) is 5.17 Å². The van der Waals surface area contributed by atoms with Gasteiger partial charge in [-0.3, -0.25) is 9.79 Å².